The minimum Gasteiger partial charge on any atom is -0.507 e. The van der Waals surface area contributed by atoms with Crippen molar-refractivity contribution in [1.29, 1.82) is 0 Å². The average Bonchev–Trinajstić information content (AvgIpc) is 3.15. The molecule has 0 spiro atoms. The van der Waals surface area contributed by atoms with Crippen LogP contribution in [-0.2, 0) is 6.54 Å². The van der Waals surface area contributed by atoms with Crippen molar-refractivity contribution in [2.24, 2.45) is 0 Å². The molecule has 1 saturated heterocycles. The second-order valence-corrected chi connectivity index (χ2v) is 7.03. The minimum absolute atomic E-state index is 0.0339. The van der Waals surface area contributed by atoms with Gasteiger partial charge < -0.3 is 25.5 Å². The van der Waals surface area contributed by atoms with Gasteiger partial charge in [-0.3, -0.25) is 4.79 Å². The Labute approximate surface area is 163 Å². The van der Waals surface area contributed by atoms with E-state index in [1.54, 1.807) is 4.90 Å². The standard InChI is InChI=1S/C20H23ClN2O4/c21-16-10-15(18(25)11-19(16)26)20(27)23-8-1-2-17(23)14-5-3-13(4-6-14)12-22-7-9-24/h3-6,10-11,17,22,24-26H,1-2,7-9,12H2. The van der Waals surface area contributed by atoms with E-state index in [2.05, 4.69) is 5.32 Å². The molecular weight excluding hydrogens is 368 g/mol. The molecule has 0 aromatic heterocycles. The molecule has 0 bridgehead atoms. The number of carbonyl (C=O) groups excluding carboxylic acids is 1. The van der Waals surface area contributed by atoms with Gasteiger partial charge in [-0.15, -0.1) is 0 Å². The number of likely N-dealkylation sites (tertiary alicyclic amines) is 1. The van der Waals surface area contributed by atoms with E-state index in [0.29, 0.717) is 19.6 Å². The summed E-state index contributed by atoms with van der Waals surface area (Å²) in [6.07, 6.45) is 1.73. The molecule has 1 fully saturated rings. The van der Waals surface area contributed by atoms with Crippen LogP contribution in [-0.4, -0.2) is 45.8 Å². The first-order valence-corrected chi connectivity index (χ1v) is 9.32. The van der Waals surface area contributed by atoms with E-state index in [1.165, 1.54) is 6.07 Å². The first-order valence-electron chi connectivity index (χ1n) is 8.94. The Balaban J connectivity index is 1.77. The molecule has 2 aromatic carbocycles. The van der Waals surface area contributed by atoms with Crippen LogP contribution in [0, 0.1) is 0 Å². The number of nitrogens with zero attached hydrogens (tertiary/aromatic N) is 1. The van der Waals surface area contributed by atoms with Gasteiger partial charge in [0.05, 0.1) is 23.2 Å². The summed E-state index contributed by atoms with van der Waals surface area (Å²) in [5.41, 5.74) is 2.23. The van der Waals surface area contributed by atoms with Gasteiger partial charge in [0.1, 0.15) is 11.5 Å². The summed E-state index contributed by atoms with van der Waals surface area (Å²) in [5, 5.41) is 31.6. The van der Waals surface area contributed by atoms with E-state index in [1.807, 2.05) is 24.3 Å². The fourth-order valence-corrected chi connectivity index (χ4v) is 3.57. The lowest BCUT2D eigenvalue weighted by Gasteiger charge is -2.26. The van der Waals surface area contributed by atoms with E-state index in [9.17, 15) is 15.0 Å². The molecule has 7 heteroatoms. The van der Waals surface area contributed by atoms with Crippen LogP contribution in [0.2, 0.25) is 5.02 Å². The van der Waals surface area contributed by atoms with Crippen molar-refractivity contribution in [1.82, 2.24) is 10.2 Å². The lowest BCUT2D eigenvalue weighted by molar-refractivity contribution is 0.0732. The van der Waals surface area contributed by atoms with Crippen LogP contribution in [0.5, 0.6) is 11.5 Å². The maximum absolute atomic E-state index is 12.9. The van der Waals surface area contributed by atoms with E-state index < -0.39 is 0 Å². The average molecular weight is 391 g/mol. The van der Waals surface area contributed by atoms with Gasteiger partial charge in [0.15, 0.2) is 0 Å². The Morgan fingerprint density at radius 2 is 1.93 bits per heavy atom. The number of aromatic hydroxyl groups is 2. The monoisotopic (exact) mass is 390 g/mol. The quantitative estimate of drug-likeness (QED) is 0.569. The number of nitrogens with one attached hydrogen (secondary N) is 1. The third kappa shape index (κ3) is 4.35. The lowest BCUT2D eigenvalue weighted by atomic mass is 10.0. The third-order valence-corrected chi connectivity index (χ3v) is 5.09. The van der Waals surface area contributed by atoms with Crippen LogP contribution in [0.4, 0.5) is 0 Å². The number of carbonyl (C=O) groups is 1. The summed E-state index contributed by atoms with van der Waals surface area (Å²) in [4.78, 5) is 14.7. The highest BCUT2D eigenvalue weighted by Gasteiger charge is 2.32. The van der Waals surface area contributed by atoms with Crippen LogP contribution in [0.15, 0.2) is 36.4 Å². The summed E-state index contributed by atoms with van der Waals surface area (Å²) in [5.74, 6) is -0.836. The fourth-order valence-electron chi connectivity index (χ4n) is 3.40. The summed E-state index contributed by atoms with van der Waals surface area (Å²) in [6, 6.07) is 10.4. The third-order valence-electron chi connectivity index (χ3n) is 4.79. The Kier molecular flexibility index (Phi) is 6.21. The molecule has 1 atom stereocenters. The Hall–Kier alpha value is -2.28. The molecule has 0 radical (unpaired) electrons. The highest BCUT2D eigenvalue weighted by atomic mass is 35.5. The predicted octanol–water partition coefficient (Wildman–Crippen LogP) is 2.81. The zero-order chi connectivity index (χ0) is 19.4. The predicted molar refractivity (Wildman–Crippen MR) is 103 cm³/mol. The Bertz CT molecular complexity index is 810. The molecule has 1 heterocycles. The molecule has 1 unspecified atom stereocenters. The zero-order valence-corrected chi connectivity index (χ0v) is 15.6. The highest BCUT2D eigenvalue weighted by molar-refractivity contribution is 6.32. The molecule has 6 nitrogen and oxygen atoms in total. The van der Waals surface area contributed by atoms with Gasteiger partial charge in [-0.25, -0.2) is 0 Å². The van der Waals surface area contributed by atoms with Gasteiger partial charge >= 0.3 is 0 Å². The Morgan fingerprint density at radius 3 is 2.63 bits per heavy atom. The lowest BCUT2D eigenvalue weighted by Crippen LogP contribution is -2.30. The van der Waals surface area contributed by atoms with Crippen molar-refractivity contribution in [3.63, 3.8) is 0 Å². The largest absolute Gasteiger partial charge is 0.507 e. The van der Waals surface area contributed by atoms with Crippen molar-refractivity contribution < 1.29 is 20.1 Å². The summed E-state index contributed by atoms with van der Waals surface area (Å²) in [6.45, 7) is 1.92. The molecule has 0 saturated carbocycles. The molecule has 0 aliphatic carbocycles. The first-order chi connectivity index (χ1) is 13.0. The SMILES string of the molecule is O=C(c1cc(Cl)c(O)cc1O)N1CCCC1c1ccc(CNCCO)cc1. The summed E-state index contributed by atoms with van der Waals surface area (Å²) >= 11 is 5.91. The van der Waals surface area contributed by atoms with Gasteiger partial charge in [0, 0.05) is 25.7 Å². The van der Waals surface area contributed by atoms with E-state index >= 15 is 0 Å². The van der Waals surface area contributed by atoms with E-state index in [0.717, 1.165) is 30.0 Å². The molecule has 4 N–H and O–H groups in total. The van der Waals surface area contributed by atoms with E-state index in [4.69, 9.17) is 16.7 Å². The number of aliphatic hydroxyl groups excluding tert-OH is 1. The van der Waals surface area contributed by atoms with Gasteiger partial charge in [0.2, 0.25) is 0 Å². The second kappa shape index (κ2) is 8.61. The normalized spacial score (nSPS) is 16.7. The molecule has 1 aliphatic rings. The minimum atomic E-state index is -0.300. The molecular formula is C20H23ClN2O4. The molecule has 1 amide bonds. The number of halogens is 1. The number of amides is 1. The van der Waals surface area contributed by atoms with Crippen molar-refractivity contribution >= 4 is 17.5 Å². The maximum Gasteiger partial charge on any atom is 0.258 e. The second-order valence-electron chi connectivity index (χ2n) is 6.62. The number of aliphatic hydroxyl groups is 1. The maximum atomic E-state index is 12.9. The van der Waals surface area contributed by atoms with Crippen LogP contribution in [0.3, 0.4) is 0 Å². The summed E-state index contributed by atoms with van der Waals surface area (Å²) in [7, 11) is 0. The summed E-state index contributed by atoms with van der Waals surface area (Å²) < 4.78 is 0. The van der Waals surface area contributed by atoms with Crippen molar-refractivity contribution in [2.45, 2.75) is 25.4 Å². The fraction of sp³-hybridized carbons (Fsp3) is 0.350. The Morgan fingerprint density at radius 1 is 1.19 bits per heavy atom. The van der Waals surface area contributed by atoms with E-state index in [-0.39, 0.29) is 40.6 Å². The van der Waals surface area contributed by atoms with Crippen LogP contribution in [0.25, 0.3) is 0 Å². The van der Waals surface area contributed by atoms with Crippen LogP contribution in [0.1, 0.15) is 40.4 Å². The van der Waals surface area contributed by atoms with Crippen molar-refractivity contribution in [2.75, 3.05) is 19.7 Å². The zero-order valence-electron chi connectivity index (χ0n) is 14.9. The molecule has 1 aliphatic heterocycles. The van der Waals surface area contributed by atoms with Crippen LogP contribution >= 0.6 is 11.6 Å². The number of rotatable bonds is 6. The number of hydrogen-bond donors (Lipinski definition) is 4. The molecule has 27 heavy (non-hydrogen) atoms. The van der Waals surface area contributed by atoms with Gasteiger partial charge in [-0.2, -0.15) is 0 Å². The van der Waals surface area contributed by atoms with Gasteiger partial charge in [-0.05, 0) is 30.0 Å². The topological polar surface area (TPSA) is 93.0 Å². The van der Waals surface area contributed by atoms with Crippen molar-refractivity contribution in [3.8, 4) is 11.5 Å². The molecule has 2 aromatic rings. The molecule has 3 rings (SSSR count). The van der Waals surface area contributed by atoms with Crippen molar-refractivity contribution in [3.05, 3.63) is 58.1 Å². The smallest absolute Gasteiger partial charge is 0.258 e. The first kappa shape index (κ1) is 19.5. The number of hydrogen-bond acceptors (Lipinski definition) is 5. The number of phenolic OH excluding ortho intramolecular Hbond substituents is 2. The molecule has 144 valence electrons. The highest BCUT2D eigenvalue weighted by Crippen LogP contribution is 2.37. The van der Waals surface area contributed by atoms with Crippen LogP contribution < -0.4 is 5.32 Å². The number of benzene rings is 2. The van der Waals surface area contributed by atoms with Gasteiger partial charge in [0.25, 0.3) is 5.91 Å². The van der Waals surface area contributed by atoms with Gasteiger partial charge in [-0.1, -0.05) is 35.9 Å². The number of phenols is 2.